The fraction of sp³-hybridized carbons (Fsp3) is 0.333. The van der Waals surface area contributed by atoms with E-state index in [2.05, 4.69) is 10.6 Å². The summed E-state index contributed by atoms with van der Waals surface area (Å²) in [5.74, 6) is -0.409. The molecule has 0 aromatic heterocycles. The van der Waals surface area contributed by atoms with Crippen LogP contribution in [0.5, 0.6) is 0 Å². The van der Waals surface area contributed by atoms with Crippen molar-refractivity contribution in [3.8, 4) is 0 Å². The van der Waals surface area contributed by atoms with E-state index in [-0.39, 0.29) is 18.4 Å². The molecule has 0 atom stereocenters. The first-order chi connectivity index (χ1) is 9.13. The van der Waals surface area contributed by atoms with Crippen LogP contribution in [0.1, 0.15) is 29.3 Å². The van der Waals surface area contributed by atoms with E-state index in [1.165, 1.54) is 0 Å². The fourth-order valence-electron chi connectivity index (χ4n) is 1.49. The molecule has 1 rings (SSSR count). The molecule has 4 heteroatoms. The molecule has 1 aromatic rings. The molecular formula is C15H20N2O2. The van der Waals surface area contributed by atoms with Crippen LogP contribution in [0.25, 0.3) is 0 Å². The van der Waals surface area contributed by atoms with Crippen LogP contribution in [0.4, 0.5) is 0 Å². The van der Waals surface area contributed by atoms with Gasteiger partial charge in [0.15, 0.2) is 0 Å². The molecule has 19 heavy (non-hydrogen) atoms. The summed E-state index contributed by atoms with van der Waals surface area (Å²) in [5.41, 5.74) is 1.66. The number of hydrogen-bond donors (Lipinski definition) is 2. The van der Waals surface area contributed by atoms with Crippen LogP contribution < -0.4 is 10.6 Å². The Hall–Kier alpha value is -2.10. The number of carbonyl (C=O) groups excluding carboxylic acids is 2. The molecule has 0 bridgehead atoms. The van der Waals surface area contributed by atoms with Crippen LogP contribution in [0.2, 0.25) is 0 Å². The van der Waals surface area contributed by atoms with Gasteiger partial charge in [-0.2, -0.15) is 0 Å². The molecule has 4 nitrogen and oxygen atoms in total. The third-order valence-corrected chi connectivity index (χ3v) is 2.59. The zero-order valence-electron chi connectivity index (χ0n) is 11.4. The predicted octanol–water partition coefficient (Wildman–Crippen LogP) is 1.81. The van der Waals surface area contributed by atoms with E-state index in [1.807, 2.05) is 38.1 Å². The average molecular weight is 260 g/mol. The fourth-order valence-corrected chi connectivity index (χ4v) is 1.49. The second-order valence-electron chi connectivity index (χ2n) is 4.26. The number of nitrogens with one attached hydrogen (secondary N) is 2. The highest BCUT2D eigenvalue weighted by Gasteiger charge is 2.06. The van der Waals surface area contributed by atoms with Gasteiger partial charge in [0, 0.05) is 12.1 Å². The third kappa shape index (κ3) is 5.86. The average Bonchev–Trinajstić information content (AvgIpc) is 2.42. The van der Waals surface area contributed by atoms with Gasteiger partial charge >= 0.3 is 0 Å². The predicted molar refractivity (Wildman–Crippen MR) is 76.0 cm³/mol. The Morgan fingerprint density at radius 3 is 2.47 bits per heavy atom. The topological polar surface area (TPSA) is 58.2 Å². The number of allylic oxidation sites excluding steroid dienone is 1. The van der Waals surface area contributed by atoms with Crippen LogP contribution in [0, 0.1) is 6.92 Å². The van der Waals surface area contributed by atoms with Crippen LogP contribution in [0.3, 0.4) is 0 Å². The smallest absolute Gasteiger partial charge is 0.251 e. The second kappa shape index (κ2) is 8.08. The molecule has 2 amide bonds. The Morgan fingerprint density at radius 2 is 1.84 bits per heavy atom. The highest BCUT2D eigenvalue weighted by Crippen LogP contribution is 2.02. The minimum absolute atomic E-state index is 0.00253. The minimum Gasteiger partial charge on any atom is -0.354 e. The molecule has 0 radical (unpaired) electrons. The Kier molecular flexibility index (Phi) is 6.36. The van der Waals surface area contributed by atoms with Crippen LogP contribution in [-0.2, 0) is 4.79 Å². The summed E-state index contributed by atoms with van der Waals surface area (Å²) < 4.78 is 0. The monoisotopic (exact) mass is 260 g/mol. The Bertz CT molecular complexity index is 450. The molecule has 0 aliphatic rings. The Balaban J connectivity index is 2.30. The lowest BCUT2D eigenvalue weighted by molar-refractivity contribution is -0.120. The summed E-state index contributed by atoms with van der Waals surface area (Å²) in [5, 5.41) is 5.32. The molecular weight excluding hydrogens is 240 g/mol. The van der Waals surface area contributed by atoms with Crippen molar-refractivity contribution in [1.29, 1.82) is 0 Å². The maximum atomic E-state index is 11.7. The summed E-state index contributed by atoms with van der Waals surface area (Å²) in [6, 6.07) is 7.22. The molecule has 0 spiro atoms. The molecule has 0 saturated heterocycles. The van der Waals surface area contributed by atoms with E-state index in [0.717, 1.165) is 12.0 Å². The molecule has 0 aliphatic heterocycles. The maximum Gasteiger partial charge on any atom is 0.251 e. The summed E-state index contributed by atoms with van der Waals surface area (Å²) in [6.45, 7) is 4.48. The summed E-state index contributed by atoms with van der Waals surface area (Å²) in [6.07, 6.45) is 4.71. The molecule has 0 saturated carbocycles. The van der Waals surface area contributed by atoms with Gasteiger partial charge in [0.1, 0.15) is 0 Å². The van der Waals surface area contributed by atoms with Gasteiger partial charge in [-0.15, -0.1) is 0 Å². The van der Waals surface area contributed by atoms with Gasteiger partial charge in [-0.25, -0.2) is 0 Å². The van der Waals surface area contributed by atoms with Crippen molar-refractivity contribution >= 4 is 11.8 Å². The first-order valence-electron chi connectivity index (χ1n) is 6.36. The van der Waals surface area contributed by atoms with Crippen molar-refractivity contribution in [2.75, 3.05) is 13.1 Å². The van der Waals surface area contributed by atoms with E-state index in [9.17, 15) is 9.59 Å². The minimum atomic E-state index is -0.233. The maximum absolute atomic E-state index is 11.7. The van der Waals surface area contributed by atoms with Crippen LogP contribution in [0.15, 0.2) is 36.4 Å². The summed E-state index contributed by atoms with van der Waals surface area (Å²) in [7, 11) is 0. The number of benzene rings is 1. The van der Waals surface area contributed by atoms with Crippen molar-refractivity contribution in [1.82, 2.24) is 10.6 Å². The number of amides is 2. The molecule has 2 N–H and O–H groups in total. The van der Waals surface area contributed by atoms with Gasteiger partial charge in [0.05, 0.1) is 6.54 Å². The van der Waals surface area contributed by atoms with Gasteiger partial charge < -0.3 is 10.6 Å². The van der Waals surface area contributed by atoms with Crippen molar-refractivity contribution in [2.24, 2.45) is 0 Å². The highest BCUT2D eigenvalue weighted by molar-refractivity contribution is 5.96. The highest BCUT2D eigenvalue weighted by atomic mass is 16.2. The van der Waals surface area contributed by atoms with Crippen molar-refractivity contribution < 1.29 is 9.59 Å². The van der Waals surface area contributed by atoms with Gasteiger partial charge in [-0.05, 0) is 32.4 Å². The second-order valence-corrected chi connectivity index (χ2v) is 4.26. The largest absolute Gasteiger partial charge is 0.354 e. The molecule has 0 aliphatic carbocycles. The number of rotatable bonds is 6. The Morgan fingerprint density at radius 1 is 1.16 bits per heavy atom. The molecule has 0 fully saturated rings. The van der Waals surface area contributed by atoms with Gasteiger partial charge in [0.2, 0.25) is 5.91 Å². The lowest BCUT2D eigenvalue weighted by Crippen LogP contribution is -2.37. The number of aryl methyl sites for hydroxylation is 1. The quantitative estimate of drug-likeness (QED) is 0.605. The van der Waals surface area contributed by atoms with Crippen molar-refractivity contribution in [2.45, 2.75) is 20.3 Å². The summed E-state index contributed by atoms with van der Waals surface area (Å²) in [4.78, 5) is 23.2. The van der Waals surface area contributed by atoms with E-state index < -0.39 is 0 Å². The van der Waals surface area contributed by atoms with Crippen molar-refractivity contribution in [3.05, 3.63) is 47.5 Å². The van der Waals surface area contributed by atoms with Gasteiger partial charge in [0.25, 0.3) is 5.91 Å². The lowest BCUT2D eigenvalue weighted by atomic mass is 10.1. The number of carbonyl (C=O) groups is 2. The summed E-state index contributed by atoms with van der Waals surface area (Å²) >= 11 is 0. The first-order valence-corrected chi connectivity index (χ1v) is 6.36. The standard InChI is InChI=1S/C15H20N2O2/c1-3-4-5-10-16-14(18)11-17-15(19)13-8-6-12(2)7-9-13/h3-4,6-9H,5,10-11H2,1-2H3,(H,16,18)(H,17,19)/b4-3+. The zero-order valence-corrected chi connectivity index (χ0v) is 11.4. The van der Waals surface area contributed by atoms with Crippen LogP contribution in [-0.4, -0.2) is 24.9 Å². The van der Waals surface area contributed by atoms with E-state index in [1.54, 1.807) is 12.1 Å². The molecule has 102 valence electrons. The van der Waals surface area contributed by atoms with Gasteiger partial charge in [-0.3, -0.25) is 9.59 Å². The lowest BCUT2D eigenvalue weighted by Gasteiger charge is -2.06. The molecule has 0 unspecified atom stereocenters. The van der Waals surface area contributed by atoms with E-state index >= 15 is 0 Å². The zero-order chi connectivity index (χ0) is 14.1. The molecule has 0 heterocycles. The van der Waals surface area contributed by atoms with Crippen molar-refractivity contribution in [3.63, 3.8) is 0 Å². The first kappa shape index (κ1) is 15.0. The van der Waals surface area contributed by atoms with Crippen LogP contribution >= 0.6 is 0 Å². The third-order valence-electron chi connectivity index (χ3n) is 2.59. The number of hydrogen-bond acceptors (Lipinski definition) is 2. The SMILES string of the molecule is C/C=C/CCNC(=O)CNC(=O)c1ccc(C)cc1. The normalized spacial score (nSPS) is 10.4. The van der Waals surface area contributed by atoms with Gasteiger partial charge in [-0.1, -0.05) is 29.8 Å². The molecule has 1 aromatic carbocycles. The Labute approximate surface area is 113 Å². The van der Waals surface area contributed by atoms with E-state index in [4.69, 9.17) is 0 Å². The van der Waals surface area contributed by atoms with E-state index in [0.29, 0.717) is 12.1 Å².